The number of esters is 1. The molecule has 0 aromatic carbocycles. The summed E-state index contributed by atoms with van der Waals surface area (Å²) in [5.74, 6) is -1.35. The van der Waals surface area contributed by atoms with Crippen molar-refractivity contribution >= 4 is 11.9 Å². The molecular weight excluding hydrogens is 936 g/mol. The monoisotopic (exact) mass is 1020 g/mol. The van der Waals surface area contributed by atoms with E-state index in [1.165, 1.54) is 0 Å². The number of ether oxygens (including phenoxy) is 21. The Morgan fingerprint density at radius 3 is 0.500 bits per heavy atom. The van der Waals surface area contributed by atoms with Crippen LogP contribution in [0.25, 0.3) is 0 Å². The van der Waals surface area contributed by atoms with E-state index in [-0.39, 0.29) is 19.6 Å². The molecule has 0 aliphatic rings. The lowest BCUT2D eigenvalue weighted by atomic mass is 10.5. The van der Waals surface area contributed by atoms with Crippen molar-refractivity contribution in [2.75, 3.05) is 271 Å². The van der Waals surface area contributed by atoms with Gasteiger partial charge in [-0.15, -0.1) is 0 Å². The van der Waals surface area contributed by atoms with Gasteiger partial charge in [0.15, 0.2) is 0 Å². The zero-order chi connectivity index (χ0) is 50.4. The zero-order valence-corrected chi connectivity index (χ0v) is 41.8. The number of carbonyl (C=O) groups is 2. The highest BCUT2D eigenvalue weighted by atomic mass is 16.6. The van der Waals surface area contributed by atoms with Gasteiger partial charge in [0.2, 0.25) is 0 Å². The summed E-state index contributed by atoms with van der Waals surface area (Å²) < 4.78 is 114. The number of carboxylic acids is 1. The maximum absolute atomic E-state index is 10.9. The van der Waals surface area contributed by atoms with Gasteiger partial charge in [-0.05, 0) is 0 Å². The van der Waals surface area contributed by atoms with Gasteiger partial charge < -0.3 is 105 Å². The van der Waals surface area contributed by atoms with E-state index in [1.54, 1.807) is 0 Å². The molecule has 24 heteroatoms. The van der Waals surface area contributed by atoms with Crippen LogP contribution in [0.5, 0.6) is 0 Å². The first-order chi connectivity index (χ1) is 34.7. The molecule has 24 nitrogen and oxygen atoms in total. The zero-order valence-electron chi connectivity index (χ0n) is 41.8. The molecule has 0 radical (unpaired) electrons. The highest BCUT2D eigenvalue weighted by Crippen LogP contribution is 1.91. The van der Waals surface area contributed by atoms with Crippen LogP contribution >= 0.6 is 0 Å². The second-order valence-electron chi connectivity index (χ2n) is 13.8. The predicted molar refractivity (Wildman–Crippen MR) is 250 cm³/mol. The van der Waals surface area contributed by atoms with Gasteiger partial charge in [0, 0.05) is 6.08 Å². The summed E-state index contributed by atoms with van der Waals surface area (Å²) in [5.41, 5.74) is 0. The predicted octanol–water partition coefficient (Wildman–Crippen LogP) is 0.522. The van der Waals surface area contributed by atoms with E-state index in [1.807, 2.05) is 0 Å². The fraction of sp³-hybridized carbons (Fsp3) is 0.913. The van der Waals surface area contributed by atoms with Gasteiger partial charge in [0.1, 0.15) is 6.61 Å². The molecule has 0 aromatic heterocycles. The summed E-state index contributed by atoms with van der Waals surface area (Å²) in [7, 11) is 0. The van der Waals surface area contributed by atoms with Crippen LogP contribution in [0.2, 0.25) is 0 Å². The first-order valence-electron chi connectivity index (χ1n) is 24.2. The molecule has 0 aromatic rings. The molecule has 0 bridgehead atoms. The third-order valence-electron chi connectivity index (χ3n) is 8.17. The molecule has 0 aliphatic heterocycles. The van der Waals surface area contributed by atoms with E-state index in [4.69, 9.17) is 105 Å². The molecule has 0 fully saturated rings. The maximum atomic E-state index is 10.9. The van der Waals surface area contributed by atoms with Gasteiger partial charge in [0.05, 0.1) is 271 Å². The van der Waals surface area contributed by atoms with Gasteiger partial charge in [-0.1, -0.05) is 6.58 Å². The Morgan fingerprint density at radius 1 is 0.243 bits per heavy atom. The molecule has 1 N–H and O–H groups in total. The van der Waals surface area contributed by atoms with Crippen LogP contribution in [0, 0.1) is 0 Å². The van der Waals surface area contributed by atoms with Gasteiger partial charge in [-0.3, -0.25) is 4.79 Å². The average Bonchev–Trinajstić information content (AvgIpc) is 3.36. The van der Waals surface area contributed by atoms with Gasteiger partial charge in [0.25, 0.3) is 0 Å². The van der Waals surface area contributed by atoms with E-state index in [0.717, 1.165) is 6.08 Å². The first kappa shape index (κ1) is 67.9. The fourth-order valence-corrected chi connectivity index (χ4v) is 4.70. The van der Waals surface area contributed by atoms with Gasteiger partial charge in [-0.25, -0.2) is 4.79 Å². The number of rotatable bonds is 64. The van der Waals surface area contributed by atoms with Crippen molar-refractivity contribution in [2.24, 2.45) is 0 Å². The highest BCUT2D eigenvalue weighted by Gasteiger charge is 2.01. The second-order valence-corrected chi connectivity index (χ2v) is 13.8. The lowest BCUT2D eigenvalue weighted by Gasteiger charge is -2.09. The van der Waals surface area contributed by atoms with Crippen LogP contribution in [0.1, 0.15) is 6.42 Å². The van der Waals surface area contributed by atoms with E-state index in [2.05, 4.69) is 6.58 Å². The average molecular weight is 1030 g/mol. The van der Waals surface area contributed by atoms with Gasteiger partial charge in [-0.2, -0.15) is 0 Å². The lowest BCUT2D eigenvalue weighted by molar-refractivity contribution is -0.140. The number of hydrogen-bond donors (Lipinski definition) is 1. The van der Waals surface area contributed by atoms with Crippen molar-refractivity contribution in [2.45, 2.75) is 6.42 Å². The van der Waals surface area contributed by atoms with Crippen molar-refractivity contribution in [3.05, 3.63) is 12.7 Å². The minimum atomic E-state index is -0.880. The third kappa shape index (κ3) is 63.9. The van der Waals surface area contributed by atoms with Crippen LogP contribution in [0.4, 0.5) is 0 Å². The van der Waals surface area contributed by atoms with Crippen LogP contribution in [0.3, 0.4) is 0 Å². The summed E-state index contributed by atoms with van der Waals surface area (Å²) in [6.07, 6.45) is 1.10. The lowest BCUT2D eigenvalue weighted by Crippen LogP contribution is -2.16. The molecule has 70 heavy (non-hydrogen) atoms. The molecule has 0 atom stereocenters. The Bertz CT molecular complexity index is 1040. The molecule has 0 amide bonds. The Labute approximate surface area is 415 Å². The van der Waals surface area contributed by atoms with Crippen LogP contribution in [-0.4, -0.2) is 288 Å². The van der Waals surface area contributed by atoms with Crippen LogP contribution in [-0.2, 0) is 109 Å². The van der Waals surface area contributed by atoms with Gasteiger partial charge >= 0.3 is 11.9 Å². The number of carbonyl (C=O) groups excluding carboxylic acids is 1. The molecule has 0 rings (SSSR count). The Morgan fingerprint density at radius 2 is 0.371 bits per heavy atom. The van der Waals surface area contributed by atoms with Crippen molar-refractivity contribution < 1.29 is 114 Å². The minimum absolute atomic E-state index is 0.00979. The Kier molecular flexibility index (Phi) is 61.1. The van der Waals surface area contributed by atoms with Crippen molar-refractivity contribution in [3.8, 4) is 0 Å². The van der Waals surface area contributed by atoms with Crippen molar-refractivity contribution in [1.82, 2.24) is 0 Å². The van der Waals surface area contributed by atoms with E-state index >= 15 is 0 Å². The smallest absolute Gasteiger partial charge is 0.330 e. The first-order valence-corrected chi connectivity index (χ1v) is 24.2. The number of carboxylic acid groups (broad SMARTS) is 1. The number of aliphatic carboxylic acids is 1. The molecule has 0 aliphatic carbocycles. The molecule has 0 saturated carbocycles. The standard InChI is InChI=1S/C46H88O24/c1-2-46(49)70-44-43-69-42-41-68-40-39-67-38-37-66-36-35-65-34-33-64-32-31-63-30-29-62-28-27-61-26-25-60-24-23-59-22-21-58-20-19-57-18-17-56-16-15-55-14-13-54-12-11-53-10-9-52-8-7-51-6-5-50-4-3-45(47)48/h2H,1,3-44H2,(H,47,48). The summed E-state index contributed by atoms with van der Waals surface area (Å²) in [5, 5.41) is 8.51. The van der Waals surface area contributed by atoms with E-state index in [9.17, 15) is 9.59 Å². The molecule has 0 spiro atoms. The number of hydrogen-bond acceptors (Lipinski definition) is 23. The van der Waals surface area contributed by atoms with Crippen molar-refractivity contribution in [3.63, 3.8) is 0 Å². The highest BCUT2D eigenvalue weighted by molar-refractivity contribution is 5.81. The van der Waals surface area contributed by atoms with Crippen LogP contribution < -0.4 is 0 Å². The topological polar surface area (TPSA) is 248 Å². The summed E-state index contributed by atoms with van der Waals surface area (Å²) in [4.78, 5) is 21.2. The SMILES string of the molecule is C=CC(=O)OCCOCCOCCOCCOCCOCCOCCOCCOCCOCCOCCOCCOCCOCCOCCOCCOCCOCCOCCOCCOCCC(=O)O. The van der Waals surface area contributed by atoms with E-state index < -0.39 is 11.9 Å². The maximum Gasteiger partial charge on any atom is 0.330 e. The second kappa shape index (κ2) is 63.0. The molecule has 0 unspecified atom stereocenters. The summed E-state index contributed by atoms with van der Waals surface area (Å²) in [6.45, 7) is 21.7. The molecule has 0 heterocycles. The molecule has 416 valence electrons. The molecule has 0 saturated heterocycles. The Hall–Kier alpha value is -2.12. The largest absolute Gasteiger partial charge is 0.481 e. The summed E-state index contributed by atoms with van der Waals surface area (Å²) in [6, 6.07) is 0. The molecular formula is C46H88O24. The summed E-state index contributed by atoms with van der Waals surface area (Å²) >= 11 is 0. The van der Waals surface area contributed by atoms with Crippen molar-refractivity contribution in [1.29, 1.82) is 0 Å². The fourth-order valence-electron chi connectivity index (χ4n) is 4.70. The van der Waals surface area contributed by atoms with Crippen LogP contribution in [0.15, 0.2) is 12.7 Å². The third-order valence-corrected chi connectivity index (χ3v) is 8.17. The Balaban J connectivity index is 3.08. The quantitative estimate of drug-likeness (QED) is 0.0496. The normalized spacial score (nSPS) is 11.5. The van der Waals surface area contributed by atoms with E-state index in [0.29, 0.717) is 258 Å². The minimum Gasteiger partial charge on any atom is -0.481 e.